The Labute approximate surface area is 74.4 Å². The van der Waals surface area contributed by atoms with Crippen LogP contribution in [0, 0.1) is 17.8 Å². The largest absolute Gasteiger partial charge is 0.396 e. The molecule has 0 bridgehead atoms. The Morgan fingerprint density at radius 2 is 2.08 bits per heavy atom. The minimum Gasteiger partial charge on any atom is -0.396 e. The minimum atomic E-state index is 0.414. The van der Waals surface area contributed by atoms with Crippen molar-refractivity contribution in [2.24, 2.45) is 17.8 Å². The first-order valence-corrected chi connectivity index (χ1v) is 5.23. The topological polar surface area (TPSA) is 32.3 Å². The molecule has 2 heteroatoms. The van der Waals surface area contributed by atoms with Crippen molar-refractivity contribution in [2.75, 3.05) is 19.7 Å². The molecule has 2 unspecified atom stereocenters. The fraction of sp³-hybridized carbons (Fsp3) is 1.00. The summed E-state index contributed by atoms with van der Waals surface area (Å²) in [6, 6.07) is 0. The third-order valence-electron chi connectivity index (χ3n) is 3.67. The lowest BCUT2D eigenvalue weighted by Gasteiger charge is -2.36. The normalized spacial score (nSPS) is 33.2. The summed E-state index contributed by atoms with van der Waals surface area (Å²) in [6.45, 7) is 2.71. The van der Waals surface area contributed by atoms with Gasteiger partial charge in [-0.15, -0.1) is 0 Å². The van der Waals surface area contributed by atoms with Crippen molar-refractivity contribution < 1.29 is 5.11 Å². The van der Waals surface area contributed by atoms with Crippen LogP contribution in [-0.2, 0) is 0 Å². The van der Waals surface area contributed by atoms with E-state index in [-0.39, 0.29) is 0 Å². The van der Waals surface area contributed by atoms with Crippen LogP contribution in [0.15, 0.2) is 0 Å². The van der Waals surface area contributed by atoms with E-state index in [0.717, 1.165) is 24.9 Å². The molecule has 0 aromatic carbocycles. The maximum atomic E-state index is 9.29. The van der Waals surface area contributed by atoms with Gasteiger partial charge in [-0.1, -0.05) is 19.3 Å². The highest BCUT2D eigenvalue weighted by Crippen LogP contribution is 2.38. The van der Waals surface area contributed by atoms with Gasteiger partial charge in [-0.25, -0.2) is 0 Å². The van der Waals surface area contributed by atoms with E-state index < -0.39 is 0 Å². The molecule has 0 amide bonds. The quantitative estimate of drug-likeness (QED) is 0.660. The predicted octanol–water partition coefficient (Wildman–Crippen LogP) is 1.00. The van der Waals surface area contributed by atoms with E-state index in [9.17, 15) is 5.11 Å². The first-order valence-electron chi connectivity index (χ1n) is 5.23. The van der Waals surface area contributed by atoms with Crippen molar-refractivity contribution in [3.63, 3.8) is 0 Å². The molecule has 2 atom stereocenters. The third-order valence-corrected chi connectivity index (χ3v) is 3.67. The molecule has 2 nitrogen and oxygen atoms in total. The second kappa shape index (κ2) is 3.75. The summed E-state index contributed by atoms with van der Waals surface area (Å²) in [5.41, 5.74) is 0. The zero-order chi connectivity index (χ0) is 8.39. The molecule has 1 saturated carbocycles. The summed E-state index contributed by atoms with van der Waals surface area (Å²) in [5, 5.41) is 12.7. The van der Waals surface area contributed by atoms with Crippen LogP contribution in [-0.4, -0.2) is 24.8 Å². The zero-order valence-corrected chi connectivity index (χ0v) is 7.63. The molecule has 1 aliphatic heterocycles. The molecule has 2 aliphatic rings. The van der Waals surface area contributed by atoms with Gasteiger partial charge in [-0.2, -0.15) is 0 Å². The van der Waals surface area contributed by atoms with Gasteiger partial charge in [-0.3, -0.25) is 0 Å². The van der Waals surface area contributed by atoms with Gasteiger partial charge in [0, 0.05) is 6.61 Å². The van der Waals surface area contributed by atoms with Gasteiger partial charge >= 0.3 is 0 Å². The predicted molar refractivity (Wildman–Crippen MR) is 48.9 cm³/mol. The molecule has 0 radical (unpaired) electrons. The molecule has 1 aliphatic carbocycles. The summed E-state index contributed by atoms with van der Waals surface area (Å²) in [7, 11) is 0. The van der Waals surface area contributed by atoms with Crippen LogP contribution >= 0.6 is 0 Å². The highest BCUT2D eigenvalue weighted by atomic mass is 16.3. The second-order valence-electron chi connectivity index (χ2n) is 4.29. The molecule has 1 heterocycles. The Hall–Kier alpha value is -0.0800. The Kier molecular flexibility index (Phi) is 2.66. The van der Waals surface area contributed by atoms with E-state index in [0.29, 0.717) is 12.5 Å². The molecular weight excluding hydrogens is 150 g/mol. The molecule has 12 heavy (non-hydrogen) atoms. The minimum absolute atomic E-state index is 0.414. The fourth-order valence-electron chi connectivity index (χ4n) is 2.59. The van der Waals surface area contributed by atoms with Crippen molar-refractivity contribution >= 4 is 0 Å². The summed E-state index contributed by atoms with van der Waals surface area (Å²) in [4.78, 5) is 0. The van der Waals surface area contributed by atoms with Gasteiger partial charge in [0.05, 0.1) is 0 Å². The van der Waals surface area contributed by atoms with Gasteiger partial charge in [0.15, 0.2) is 0 Å². The smallest absolute Gasteiger partial charge is 0.0465 e. The van der Waals surface area contributed by atoms with E-state index in [1.165, 1.54) is 25.7 Å². The van der Waals surface area contributed by atoms with Crippen molar-refractivity contribution in [3.05, 3.63) is 0 Å². The van der Waals surface area contributed by atoms with Crippen molar-refractivity contribution in [1.82, 2.24) is 5.32 Å². The van der Waals surface area contributed by atoms with Gasteiger partial charge in [-0.05, 0) is 37.3 Å². The second-order valence-corrected chi connectivity index (χ2v) is 4.29. The van der Waals surface area contributed by atoms with E-state index in [1.54, 1.807) is 0 Å². The standard InChI is InChI=1S/C10H19NO/c12-7-10(8-2-1-3-8)9-4-5-11-6-9/h8-12H,1-7H2. The lowest BCUT2D eigenvalue weighted by Crippen LogP contribution is -2.32. The van der Waals surface area contributed by atoms with Gasteiger partial charge in [0.1, 0.15) is 0 Å². The number of nitrogens with one attached hydrogen (secondary N) is 1. The van der Waals surface area contributed by atoms with E-state index >= 15 is 0 Å². The summed E-state index contributed by atoms with van der Waals surface area (Å²) >= 11 is 0. The van der Waals surface area contributed by atoms with Gasteiger partial charge in [0.2, 0.25) is 0 Å². The molecular formula is C10H19NO. The van der Waals surface area contributed by atoms with E-state index in [4.69, 9.17) is 0 Å². The number of aliphatic hydroxyl groups excluding tert-OH is 1. The van der Waals surface area contributed by atoms with Crippen LogP contribution < -0.4 is 5.32 Å². The highest BCUT2D eigenvalue weighted by Gasteiger charge is 2.33. The third kappa shape index (κ3) is 1.50. The Morgan fingerprint density at radius 1 is 1.25 bits per heavy atom. The Bertz CT molecular complexity index is 139. The molecule has 70 valence electrons. The fourth-order valence-corrected chi connectivity index (χ4v) is 2.59. The van der Waals surface area contributed by atoms with Crippen molar-refractivity contribution in [1.29, 1.82) is 0 Å². The molecule has 0 aromatic rings. The lowest BCUT2D eigenvalue weighted by molar-refractivity contribution is 0.0828. The number of hydrogen-bond donors (Lipinski definition) is 2. The summed E-state index contributed by atoms with van der Waals surface area (Å²) in [6.07, 6.45) is 5.40. The Morgan fingerprint density at radius 3 is 2.50 bits per heavy atom. The number of rotatable bonds is 3. The molecule has 1 saturated heterocycles. The van der Waals surface area contributed by atoms with Crippen LogP contribution in [0.2, 0.25) is 0 Å². The summed E-state index contributed by atoms with van der Waals surface area (Å²) < 4.78 is 0. The van der Waals surface area contributed by atoms with Crippen molar-refractivity contribution in [3.8, 4) is 0 Å². The average Bonchev–Trinajstić information content (AvgIpc) is 2.47. The van der Waals surface area contributed by atoms with Gasteiger partial charge in [0.25, 0.3) is 0 Å². The Balaban J connectivity index is 1.87. The van der Waals surface area contributed by atoms with Crippen LogP contribution in [0.1, 0.15) is 25.7 Å². The molecule has 2 rings (SSSR count). The maximum Gasteiger partial charge on any atom is 0.0465 e. The molecule has 2 fully saturated rings. The summed E-state index contributed by atoms with van der Waals surface area (Å²) in [5.74, 6) is 2.22. The lowest BCUT2D eigenvalue weighted by atomic mass is 9.71. The number of hydrogen-bond acceptors (Lipinski definition) is 2. The van der Waals surface area contributed by atoms with Crippen LogP contribution in [0.5, 0.6) is 0 Å². The SMILES string of the molecule is OCC(C1CCC1)C1CCNC1. The highest BCUT2D eigenvalue weighted by molar-refractivity contribution is 4.85. The van der Waals surface area contributed by atoms with Crippen LogP contribution in [0.4, 0.5) is 0 Å². The first kappa shape index (κ1) is 8.52. The zero-order valence-electron chi connectivity index (χ0n) is 7.63. The molecule has 0 aromatic heterocycles. The van der Waals surface area contributed by atoms with Crippen molar-refractivity contribution in [2.45, 2.75) is 25.7 Å². The molecule has 0 spiro atoms. The van der Waals surface area contributed by atoms with Crippen LogP contribution in [0.3, 0.4) is 0 Å². The molecule has 2 N–H and O–H groups in total. The monoisotopic (exact) mass is 169 g/mol. The first-order chi connectivity index (χ1) is 5.92. The van der Waals surface area contributed by atoms with Crippen LogP contribution in [0.25, 0.3) is 0 Å². The van der Waals surface area contributed by atoms with Gasteiger partial charge < -0.3 is 10.4 Å². The van der Waals surface area contributed by atoms with E-state index in [1.807, 2.05) is 0 Å². The average molecular weight is 169 g/mol. The number of aliphatic hydroxyl groups is 1. The van der Waals surface area contributed by atoms with E-state index in [2.05, 4.69) is 5.32 Å². The maximum absolute atomic E-state index is 9.29.